The Morgan fingerprint density at radius 3 is 2.50 bits per heavy atom. The molecule has 1 aliphatic heterocycles. The topological polar surface area (TPSA) is 54.5 Å². The molecular formula is C18H16ClNO3S. The van der Waals surface area contributed by atoms with E-state index in [0.717, 1.165) is 11.1 Å². The maximum atomic E-state index is 13.1. The Morgan fingerprint density at radius 2 is 1.83 bits per heavy atom. The zero-order valence-electron chi connectivity index (χ0n) is 13.1. The van der Waals surface area contributed by atoms with Crippen LogP contribution in [0.25, 0.3) is 0 Å². The molecule has 4 nitrogen and oxygen atoms in total. The van der Waals surface area contributed by atoms with Crippen molar-refractivity contribution in [3.05, 3.63) is 58.6 Å². The van der Waals surface area contributed by atoms with Crippen molar-refractivity contribution in [1.82, 2.24) is 0 Å². The van der Waals surface area contributed by atoms with Crippen LogP contribution in [0.3, 0.4) is 0 Å². The highest BCUT2D eigenvalue weighted by Gasteiger charge is 2.48. The van der Waals surface area contributed by atoms with Gasteiger partial charge in [0.25, 0.3) is 10.0 Å². The van der Waals surface area contributed by atoms with Gasteiger partial charge in [-0.2, -0.15) is 0 Å². The fourth-order valence-corrected chi connectivity index (χ4v) is 5.28. The third-order valence-electron chi connectivity index (χ3n) is 4.89. The van der Waals surface area contributed by atoms with E-state index in [9.17, 15) is 13.2 Å². The number of fused-ring (bicyclic) bond motifs is 3. The molecule has 1 heterocycles. The van der Waals surface area contributed by atoms with Crippen LogP contribution in [0.1, 0.15) is 23.5 Å². The van der Waals surface area contributed by atoms with Gasteiger partial charge in [0.1, 0.15) is 5.78 Å². The highest BCUT2D eigenvalue weighted by Crippen LogP contribution is 2.49. The summed E-state index contributed by atoms with van der Waals surface area (Å²) >= 11 is 6.09. The van der Waals surface area contributed by atoms with Gasteiger partial charge in [0.05, 0.1) is 10.6 Å². The summed E-state index contributed by atoms with van der Waals surface area (Å²) < 4.78 is 27.7. The van der Waals surface area contributed by atoms with Gasteiger partial charge in [-0.1, -0.05) is 35.4 Å². The van der Waals surface area contributed by atoms with Crippen molar-refractivity contribution < 1.29 is 13.2 Å². The first-order chi connectivity index (χ1) is 11.4. The second-order valence-corrected chi connectivity index (χ2v) is 8.76. The Kier molecular flexibility index (Phi) is 3.48. The number of hydrogen-bond acceptors (Lipinski definition) is 3. The van der Waals surface area contributed by atoms with Gasteiger partial charge in [0.2, 0.25) is 0 Å². The SMILES string of the molecule is Cc1ccc(S(=O)(=O)N2C[C@@H]3CC(=O)[C@@H]3c3ccc(Cl)cc32)cc1. The van der Waals surface area contributed by atoms with E-state index < -0.39 is 10.0 Å². The van der Waals surface area contributed by atoms with E-state index in [2.05, 4.69) is 0 Å². The van der Waals surface area contributed by atoms with E-state index in [1.807, 2.05) is 6.92 Å². The number of carbonyl (C=O) groups is 1. The second kappa shape index (κ2) is 5.33. The highest BCUT2D eigenvalue weighted by molar-refractivity contribution is 7.92. The van der Waals surface area contributed by atoms with Crippen LogP contribution in [-0.2, 0) is 14.8 Å². The van der Waals surface area contributed by atoms with Gasteiger partial charge >= 0.3 is 0 Å². The molecule has 1 fully saturated rings. The summed E-state index contributed by atoms with van der Waals surface area (Å²) in [6.45, 7) is 2.23. The molecule has 0 saturated heterocycles. The number of Topliss-reactive ketones (excluding diaryl/α,β-unsaturated/α-hetero) is 1. The minimum absolute atomic E-state index is 0.0476. The average molecular weight is 362 g/mol. The molecule has 6 heteroatoms. The van der Waals surface area contributed by atoms with Gasteiger partial charge < -0.3 is 0 Å². The van der Waals surface area contributed by atoms with Crippen molar-refractivity contribution in [2.75, 3.05) is 10.8 Å². The summed E-state index contributed by atoms with van der Waals surface area (Å²) in [5.74, 6) is 0.0316. The van der Waals surface area contributed by atoms with Crippen molar-refractivity contribution >= 4 is 33.1 Å². The van der Waals surface area contributed by atoms with E-state index in [4.69, 9.17) is 11.6 Å². The van der Waals surface area contributed by atoms with Crippen LogP contribution >= 0.6 is 11.6 Å². The number of carbonyl (C=O) groups excluding carboxylic acids is 1. The van der Waals surface area contributed by atoms with E-state index in [1.54, 1.807) is 42.5 Å². The third-order valence-corrected chi connectivity index (χ3v) is 6.92. The maximum absolute atomic E-state index is 13.1. The predicted molar refractivity (Wildman–Crippen MR) is 93.0 cm³/mol. The molecule has 0 N–H and O–H groups in total. The fourth-order valence-electron chi connectivity index (χ4n) is 3.58. The zero-order chi connectivity index (χ0) is 17.1. The van der Waals surface area contributed by atoms with Crippen LogP contribution in [0.15, 0.2) is 47.4 Å². The van der Waals surface area contributed by atoms with Crippen molar-refractivity contribution in [3.8, 4) is 0 Å². The first-order valence-corrected chi connectivity index (χ1v) is 9.61. The Morgan fingerprint density at radius 1 is 1.12 bits per heavy atom. The largest absolute Gasteiger partial charge is 0.299 e. The summed E-state index contributed by atoms with van der Waals surface area (Å²) in [6, 6.07) is 11.9. The third kappa shape index (κ3) is 2.26. The molecule has 2 atom stereocenters. The van der Waals surface area contributed by atoms with Gasteiger partial charge in [0, 0.05) is 23.9 Å². The van der Waals surface area contributed by atoms with Gasteiger partial charge in [-0.15, -0.1) is 0 Å². The molecule has 2 aromatic carbocycles. The number of nitrogens with zero attached hydrogens (tertiary/aromatic N) is 1. The number of hydrogen-bond donors (Lipinski definition) is 0. The molecule has 2 aromatic rings. The summed E-state index contributed by atoms with van der Waals surface area (Å²) in [4.78, 5) is 12.2. The van der Waals surface area contributed by atoms with Crippen LogP contribution in [0.4, 0.5) is 5.69 Å². The molecule has 0 unspecified atom stereocenters. The van der Waals surface area contributed by atoms with E-state index in [0.29, 0.717) is 23.7 Å². The van der Waals surface area contributed by atoms with Crippen molar-refractivity contribution in [2.45, 2.75) is 24.2 Å². The normalized spacial score (nSPS) is 22.6. The fraction of sp³-hybridized carbons (Fsp3) is 0.278. The molecule has 0 spiro atoms. The number of anilines is 1. The number of rotatable bonds is 2. The minimum atomic E-state index is -3.69. The van der Waals surface area contributed by atoms with Crippen LogP contribution in [0.2, 0.25) is 5.02 Å². The number of halogens is 1. The first-order valence-electron chi connectivity index (χ1n) is 7.79. The van der Waals surface area contributed by atoms with Gasteiger partial charge in [-0.05, 0) is 42.7 Å². The number of sulfonamides is 1. The monoisotopic (exact) mass is 361 g/mol. The van der Waals surface area contributed by atoms with Crippen LogP contribution < -0.4 is 4.31 Å². The summed E-state index contributed by atoms with van der Waals surface area (Å²) in [7, 11) is -3.69. The predicted octanol–water partition coefficient (Wildman–Crippen LogP) is 3.53. The number of ketones is 1. The van der Waals surface area contributed by atoms with Gasteiger partial charge in [-0.25, -0.2) is 8.42 Å². The molecule has 124 valence electrons. The Balaban J connectivity index is 1.85. The molecular weight excluding hydrogens is 346 g/mol. The van der Waals surface area contributed by atoms with Crippen molar-refractivity contribution in [3.63, 3.8) is 0 Å². The molecule has 1 saturated carbocycles. The highest BCUT2D eigenvalue weighted by atomic mass is 35.5. The minimum Gasteiger partial charge on any atom is -0.299 e. The molecule has 0 aromatic heterocycles. The summed E-state index contributed by atoms with van der Waals surface area (Å²) in [5.41, 5.74) is 2.29. The Hall–Kier alpha value is -1.85. The van der Waals surface area contributed by atoms with Gasteiger partial charge in [-0.3, -0.25) is 9.10 Å². The van der Waals surface area contributed by atoms with Gasteiger partial charge in [0.15, 0.2) is 0 Å². The second-order valence-electron chi connectivity index (χ2n) is 6.46. The molecule has 0 amide bonds. The quantitative estimate of drug-likeness (QED) is 0.822. The molecule has 1 aliphatic carbocycles. The average Bonchev–Trinajstić information content (AvgIpc) is 2.53. The molecule has 2 aliphatic rings. The first kappa shape index (κ1) is 15.7. The van der Waals surface area contributed by atoms with Crippen LogP contribution in [0, 0.1) is 12.8 Å². The number of aryl methyl sites for hydroxylation is 1. The lowest BCUT2D eigenvalue weighted by Gasteiger charge is -2.45. The Bertz CT molecular complexity index is 937. The van der Waals surface area contributed by atoms with Crippen LogP contribution in [0.5, 0.6) is 0 Å². The van der Waals surface area contributed by atoms with Crippen molar-refractivity contribution in [1.29, 1.82) is 0 Å². The van der Waals surface area contributed by atoms with Crippen molar-refractivity contribution in [2.24, 2.45) is 5.92 Å². The van der Waals surface area contributed by atoms with E-state index in [-0.39, 0.29) is 22.5 Å². The summed E-state index contributed by atoms with van der Waals surface area (Å²) in [6.07, 6.45) is 0.437. The smallest absolute Gasteiger partial charge is 0.264 e. The summed E-state index contributed by atoms with van der Waals surface area (Å²) in [5, 5.41) is 0.461. The molecule has 0 radical (unpaired) electrons. The maximum Gasteiger partial charge on any atom is 0.264 e. The zero-order valence-corrected chi connectivity index (χ0v) is 14.6. The number of benzene rings is 2. The lowest BCUT2D eigenvalue weighted by Crippen LogP contribution is -2.49. The lowest BCUT2D eigenvalue weighted by atomic mass is 9.66. The lowest BCUT2D eigenvalue weighted by molar-refractivity contribution is -0.129. The molecule has 0 bridgehead atoms. The molecule has 4 rings (SSSR count). The molecule has 24 heavy (non-hydrogen) atoms. The van der Waals surface area contributed by atoms with E-state index >= 15 is 0 Å². The van der Waals surface area contributed by atoms with E-state index in [1.165, 1.54) is 4.31 Å². The standard InChI is InChI=1S/C18H16ClNO3S/c1-11-2-5-14(6-3-11)24(22,23)20-10-12-8-17(21)18(12)15-7-4-13(19)9-16(15)20/h2-7,9,12,18H,8,10H2,1H3/t12-,18-/m0/s1. The van der Waals surface area contributed by atoms with Crippen LogP contribution in [-0.4, -0.2) is 20.7 Å². The Labute approximate surface area is 146 Å².